The van der Waals surface area contributed by atoms with Gasteiger partial charge in [-0.3, -0.25) is 0 Å². The first-order valence-corrected chi connectivity index (χ1v) is 5.92. The molecule has 0 radical (unpaired) electrons. The van der Waals surface area contributed by atoms with E-state index in [4.69, 9.17) is 10.5 Å². The van der Waals surface area contributed by atoms with Gasteiger partial charge >= 0.3 is 0 Å². The van der Waals surface area contributed by atoms with Crippen LogP contribution in [0.5, 0.6) is 0 Å². The van der Waals surface area contributed by atoms with E-state index >= 15 is 0 Å². The first kappa shape index (κ1) is 10.1. The molecule has 2 atom stereocenters. The molecule has 1 aromatic rings. The van der Waals surface area contributed by atoms with Gasteiger partial charge in [-0.2, -0.15) is 0 Å². The van der Waals surface area contributed by atoms with E-state index in [1.165, 1.54) is 6.42 Å². The number of aromatic nitrogens is 1. The number of thiazole rings is 1. The predicted octanol–water partition coefficient (Wildman–Crippen LogP) is 1.85. The van der Waals surface area contributed by atoms with Crippen molar-refractivity contribution in [3.05, 3.63) is 16.1 Å². The topological polar surface area (TPSA) is 48.1 Å². The van der Waals surface area contributed by atoms with Crippen LogP contribution in [0.3, 0.4) is 0 Å². The Hall–Kier alpha value is -0.450. The Morgan fingerprint density at radius 1 is 1.64 bits per heavy atom. The van der Waals surface area contributed by atoms with Crippen LogP contribution in [0.2, 0.25) is 0 Å². The summed E-state index contributed by atoms with van der Waals surface area (Å²) in [7, 11) is 0. The molecule has 0 aliphatic heterocycles. The summed E-state index contributed by atoms with van der Waals surface area (Å²) in [6, 6.07) is 0.232. The van der Waals surface area contributed by atoms with Gasteiger partial charge in [0.15, 0.2) is 0 Å². The summed E-state index contributed by atoms with van der Waals surface area (Å²) in [6.45, 7) is 2.62. The smallest absolute Gasteiger partial charge is 0.119 e. The third-order valence-corrected chi connectivity index (χ3v) is 3.53. The van der Waals surface area contributed by atoms with E-state index in [0.29, 0.717) is 6.61 Å². The third-order valence-electron chi connectivity index (χ3n) is 2.59. The predicted molar refractivity (Wildman–Crippen MR) is 57.3 cm³/mol. The minimum Gasteiger partial charge on any atom is -0.369 e. The monoisotopic (exact) mass is 212 g/mol. The number of ether oxygens (including phenoxy) is 1. The summed E-state index contributed by atoms with van der Waals surface area (Å²) in [5.74, 6) is 0. The van der Waals surface area contributed by atoms with Crippen molar-refractivity contribution in [2.75, 3.05) is 0 Å². The van der Waals surface area contributed by atoms with Crippen LogP contribution in [0.15, 0.2) is 5.38 Å². The van der Waals surface area contributed by atoms with Crippen LogP contribution >= 0.6 is 11.3 Å². The highest BCUT2D eigenvalue weighted by Crippen LogP contribution is 2.22. The SMILES string of the molecule is Cc1csc(COC2CCCC2N)n1. The summed E-state index contributed by atoms with van der Waals surface area (Å²) >= 11 is 1.66. The average Bonchev–Trinajstić information content (AvgIpc) is 2.72. The minimum absolute atomic E-state index is 0.232. The highest BCUT2D eigenvalue weighted by molar-refractivity contribution is 7.09. The summed E-state index contributed by atoms with van der Waals surface area (Å²) in [6.07, 6.45) is 3.65. The molecule has 2 unspecified atom stereocenters. The van der Waals surface area contributed by atoms with Crippen LogP contribution in [0.4, 0.5) is 0 Å². The molecule has 78 valence electrons. The zero-order chi connectivity index (χ0) is 9.97. The van der Waals surface area contributed by atoms with Crippen molar-refractivity contribution in [3.63, 3.8) is 0 Å². The molecule has 1 aliphatic carbocycles. The molecule has 0 saturated heterocycles. The van der Waals surface area contributed by atoms with Gasteiger partial charge in [0.1, 0.15) is 5.01 Å². The maximum Gasteiger partial charge on any atom is 0.119 e. The third kappa shape index (κ3) is 2.32. The second-order valence-electron chi connectivity index (χ2n) is 3.83. The molecule has 4 heteroatoms. The Balaban J connectivity index is 1.82. The van der Waals surface area contributed by atoms with Crippen molar-refractivity contribution in [1.82, 2.24) is 4.98 Å². The molecule has 14 heavy (non-hydrogen) atoms. The molecular formula is C10H16N2OS. The maximum atomic E-state index is 5.91. The van der Waals surface area contributed by atoms with Crippen LogP contribution in [0.1, 0.15) is 30.0 Å². The lowest BCUT2D eigenvalue weighted by Gasteiger charge is -2.15. The van der Waals surface area contributed by atoms with Gasteiger partial charge < -0.3 is 10.5 Å². The van der Waals surface area contributed by atoms with Crippen LogP contribution < -0.4 is 5.73 Å². The highest BCUT2D eigenvalue weighted by Gasteiger charge is 2.24. The summed E-state index contributed by atoms with van der Waals surface area (Å²) in [5.41, 5.74) is 6.98. The molecule has 3 nitrogen and oxygen atoms in total. The van der Waals surface area contributed by atoms with Gasteiger partial charge in [-0.15, -0.1) is 11.3 Å². The van der Waals surface area contributed by atoms with Gasteiger partial charge in [-0.05, 0) is 26.2 Å². The zero-order valence-electron chi connectivity index (χ0n) is 8.40. The fourth-order valence-corrected chi connectivity index (χ4v) is 2.50. The summed E-state index contributed by atoms with van der Waals surface area (Å²) in [5, 5.41) is 3.11. The van der Waals surface area contributed by atoms with Gasteiger partial charge in [0.25, 0.3) is 0 Å². The lowest BCUT2D eigenvalue weighted by molar-refractivity contribution is 0.0356. The van der Waals surface area contributed by atoms with E-state index in [1.807, 2.05) is 12.3 Å². The van der Waals surface area contributed by atoms with E-state index in [1.54, 1.807) is 11.3 Å². The lowest BCUT2D eigenvalue weighted by Crippen LogP contribution is -2.31. The van der Waals surface area contributed by atoms with Gasteiger partial charge in [0, 0.05) is 17.1 Å². The van der Waals surface area contributed by atoms with E-state index < -0.39 is 0 Å². The number of nitrogens with two attached hydrogens (primary N) is 1. The normalized spacial score (nSPS) is 27.0. The molecular weight excluding hydrogens is 196 g/mol. The Morgan fingerprint density at radius 2 is 2.50 bits per heavy atom. The lowest BCUT2D eigenvalue weighted by atomic mass is 10.2. The molecule has 1 heterocycles. The molecule has 1 aromatic heterocycles. The molecule has 1 aliphatic rings. The molecule has 0 bridgehead atoms. The van der Waals surface area contributed by atoms with Crippen LogP contribution in [0, 0.1) is 6.92 Å². The van der Waals surface area contributed by atoms with Crippen LogP contribution in [-0.2, 0) is 11.3 Å². The van der Waals surface area contributed by atoms with E-state index in [9.17, 15) is 0 Å². The van der Waals surface area contributed by atoms with Gasteiger partial charge in [-0.25, -0.2) is 4.98 Å². The molecule has 2 N–H and O–H groups in total. The summed E-state index contributed by atoms with van der Waals surface area (Å²) in [4.78, 5) is 4.35. The minimum atomic E-state index is 0.232. The number of aryl methyl sites for hydroxylation is 1. The van der Waals surface area contributed by atoms with Gasteiger partial charge in [0.05, 0.1) is 12.7 Å². The standard InChI is InChI=1S/C10H16N2OS/c1-7-6-14-10(12-7)5-13-9-4-2-3-8(9)11/h6,8-9H,2-5,11H2,1H3. The molecule has 0 aromatic carbocycles. The van der Waals surface area contributed by atoms with Crippen molar-refractivity contribution in [3.8, 4) is 0 Å². The van der Waals surface area contributed by atoms with Crippen molar-refractivity contribution in [1.29, 1.82) is 0 Å². The Bertz CT molecular complexity index is 300. The Labute approximate surface area is 88.3 Å². The maximum absolute atomic E-state index is 5.91. The number of nitrogens with zero attached hydrogens (tertiary/aromatic N) is 1. The molecule has 0 amide bonds. The number of rotatable bonds is 3. The van der Waals surface area contributed by atoms with Crippen molar-refractivity contribution in [2.45, 2.75) is 44.9 Å². The van der Waals surface area contributed by atoms with Crippen molar-refractivity contribution in [2.24, 2.45) is 5.73 Å². The zero-order valence-corrected chi connectivity index (χ0v) is 9.22. The quantitative estimate of drug-likeness (QED) is 0.831. The van der Waals surface area contributed by atoms with Gasteiger partial charge in [0.2, 0.25) is 0 Å². The van der Waals surface area contributed by atoms with Crippen molar-refractivity contribution >= 4 is 11.3 Å². The van der Waals surface area contributed by atoms with E-state index in [-0.39, 0.29) is 12.1 Å². The second kappa shape index (κ2) is 4.38. The second-order valence-corrected chi connectivity index (χ2v) is 4.77. The van der Waals surface area contributed by atoms with Crippen molar-refractivity contribution < 1.29 is 4.74 Å². The van der Waals surface area contributed by atoms with E-state index in [2.05, 4.69) is 4.98 Å². The molecule has 1 saturated carbocycles. The summed E-state index contributed by atoms with van der Waals surface area (Å²) < 4.78 is 5.74. The molecule has 0 spiro atoms. The number of hydrogen-bond acceptors (Lipinski definition) is 4. The first-order valence-electron chi connectivity index (χ1n) is 5.04. The average molecular weight is 212 g/mol. The fraction of sp³-hybridized carbons (Fsp3) is 0.700. The van der Waals surface area contributed by atoms with Crippen LogP contribution in [-0.4, -0.2) is 17.1 Å². The molecule has 1 fully saturated rings. The largest absolute Gasteiger partial charge is 0.369 e. The van der Waals surface area contributed by atoms with Crippen LogP contribution in [0.25, 0.3) is 0 Å². The van der Waals surface area contributed by atoms with Gasteiger partial charge in [-0.1, -0.05) is 0 Å². The Morgan fingerprint density at radius 3 is 3.07 bits per heavy atom. The first-order chi connectivity index (χ1) is 6.75. The highest BCUT2D eigenvalue weighted by atomic mass is 32.1. The number of hydrogen-bond donors (Lipinski definition) is 1. The Kier molecular flexibility index (Phi) is 3.15. The van der Waals surface area contributed by atoms with E-state index in [0.717, 1.165) is 23.5 Å². The fourth-order valence-electron chi connectivity index (χ4n) is 1.81. The molecule has 2 rings (SSSR count).